The molecule has 1 amide bonds. The summed E-state index contributed by atoms with van der Waals surface area (Å²) in [7, 11) is 0. The van der Waals surface area contributed by atoms with Gasteiger partial charge in [-0.2, -0.15) is 0 Å². The number of hydrogen-bond acceptors (Lipinski definition) is 6. The monoisotopic (exact) mass is 393 g/mol. The minimum atomic E-state index is -0.608. The van der Waals surface area contributed by atoms with Crippen LogP contribution in [0.4, 0.5) is 5.13 Å². The maximum atomic E-state index is 12.3. The van der Waals surface area contributed by atoms with E-state index in [0.717, 1.165) is 24.3 Å². The van der Waals surface area contributed by atoms with Crippen LogP contribution in [0.2, 0.25) is 0 Å². The van der Waals surface area contributed by atoms with Gasteiger partial charge in [0.2, 0.25) is 16.7 Å². The van der Waals surface area contributed by atoms with Crippen LogP contribution in [-0.2, 0) is 6.42 Å². The highest BCUT2D eigenvalue weighted by atomic mass is 32.1. The van der Waals surface area contributed by atoms with E-state index in [1.54, 1.807) is 30.3 Å². The highest BCUT2D eigenvalue weighted by molar-refractivity contribution is 7.15. The molecule has 0 saturated heterocycles. The molecule has 7 heteroatoms. The van der Waals surface area contributed by atoms with E-state index in [2.05, 4.69) is 22.4 Å². The number of anilines is 1. The number of nitrogens with zero attached hydrogens (tertiary/aromatic N) is 2. The number of Topliss-reactive ketones (excluding diaryl/α,β-unsaturated/α-hetero) is 2. The largest absolute Gasteiger partial charge is 0.296 e. The van der Waals surface area contributed by atoms with E-state index in [0.29, 0.717) is 16.3 Å². The number of hydrogen-bond donors (Lipinski definition) is 1. The fraction of sp³-hybridized carbons (Fsp3) is 0.190. The van der Waals surface area contributed by atoms with Crippen molar-refractivity contribution >= 4 is 33.9 Å². The fourth-order valence-electron chi connectivity index (χ4n) is 2.53. The molecule has 0 spiro atoms. The van der Waals surface area contributed by atoms with Crippen molar-refractivity contribution in [3.8, 4) is 0 Å². The van der Waals surface area contributed by atoms with Crippen molar-refractivity contribution in [1.29, 1.82) is 0 Å². The number of ketones is 2. The average molecular weight is 393 g/mol. The maximum absolute atomic E-state index is 12.3. The number of aryl methyl sites for hydroxylation is 1. The van der Waals surface area contributed by atoms with Gasteiger partial charge in [-0.1, -0.05) is 67.1 Å². The van der Waals surface area contributed by atoms with Gasteiger partial charge in [-0.3, -0.25) is 19.7 Å². The van der Waals surface area contributed by atoms with Crippen LogP contribution < -0.4 is 5.32 Å². The standard InChI is InChI=1S/C21H19N3O3S/c1-2-3-9-17-23-24-21(28-17)22-20(27)16-12-10-15(11-13-16)19(26)18(25)14-7-5-4-6-8-14/h4-8,10-13H,2-3,9H2,1H3,(H,22,24,27). The Morgan fingerprint density at radius 1 is 0.857 bits per heavy atom. The molecule has 0 saturated carbocycles. The van der Waals surface area contributed by atoms with E-state index < -0.39 is 11.6 Å². The topological polar surface area (TPSA) is 89.0 Å². The number of rotatable bonds is 8. The van der Waals surface area contributed by atoms with Crippen molar-refractivity contribution in [3.63, 3.8) is 0 Å². The molecule has 1 heterocycles. The second kappa shape index (κ2) is 9.14. The van der Waals surface area contributed by atoms with Crippen LogP contribution in [0.15, 0.2) is 54.6 Å². The van der Waals surface area contributed by atoms with Crippen molar-refractivity contribution in [1.82, 2.24) is 10.2 Å². The number of amides is 1. The summed E-state index contributed by atoms with van der Waals surface area (Å²) in [6, 6.07) is 14.4. The minimum absolute atomic E-state index is 0.239. The van der Waals surface area contributed by atoms with Gasteiger partial charge >= 0.3 is 0 Å². The highest BCUT2D eigenvalue weighted by Gasteiger charge is 2.18. The van der Waals surface area contributed by atoms with E-state index >= 15 is 0 Å². The van der Waals surface area contributed by atoms with Gasteiger partial charge in [0, 0.05) is 23.1 Å². The summed E-state index contributed by atoms with van der Waals surface area (Å²) >= 11 is 1.35. The fourth-order valence-corrected chi connectivity index (χ4v) is 3.30. The second-order valence-electron chi connectivity index (χ2n) is 6.16. The molecule has 0 bridgehead atoms. The third-order valence-corrected chi connectivity index (χ3v) is 4.98. The molecule has 0 aliphatic carbocycles. The summed E-state index contributed by atoms with van der Waals surface area (Å²) in [6.45, 7) is 2.10. The van der Waals surface area contributed by atoms with Gasteiger partial charge in [-0.05, 0) is 18.6 Å². The first-order chi connectivity index (χ1) is 13.6. The zero-order valence-corrected chi connectivity index (χ0v) is 16.2. The number of carbonyl (C=O) groups is 3. The molecule has 28 heavy (non-hydrogen) atoms. The normalized spacial score (nSPS) is 10.5. The van der Waals surface area contributed by atoms with Crippen LogP contribution in [-0.4, -0.2) is 27.7 Å². The van der Waals surface area contributed by atoms with Crippen LogP contribution >= 0.6 is 11.3 Å². The Hall–Kier alpha value is -3.19. The minimum Gasteiger partial charge on any atom is -0.296 e. The Balaban J connectivity index is 1.65. The summed E-state index contributed by atoms with van der Waals surface area (Å²) in [6.07, 6.45) is 2.94. The summed E-state index contributed by atoms with van der Waals surface area (Å²) in [5.41, 5.74) is 0.946. The molecular formula is C21H19N3O3S. The smallest absolute Gasteiger partial charge is 0.257 e. The Bertz CT molecular complexity index is 982. The Labute approximate surface area is 166 Å². The molecule has 2 aromatic carbocycles. The summed E-state index contributed by atoms with van der Waals surface area (Å²) < 4.78 is 0. The Morgan fingerprint density at radius 2 is 1.46 bits per heavy atom. The molecule has 6 nitrogen and oxygen atoms in total. The van der Waals surface area contributed by atoms with Gasteiger partial charge in [0.05, 0.1) is 0 Å². The molecule has 0 fully saturated rings. The Morgan fingerprint density at radius 3 is 2.11 bits per heavy atom. The van der Waals surface area contributed by atoms with Crippen LogP contribution in [0.3, 0.4) is 0 Å². The summed E-state index contributed by atoms with van der Waals surface area (Å²) in [5.74, 6) is -1.53. The average Bonchev–Trinajstić information content (AvgIpc) is 3.19. The third kappa shape index (κ3) is 4.75. The number of unbranched alkanes of at least 4 members (excludes halogenated alkanes) is 1. The van der Waals surface area contributed by atoms with Crippen molar-refractivity contribution in [2.45, 2.75) is 26.2 Å². The van der Waals surface area contributed by atoms with Crippen molar-refractivity contribution < 1.29 is 14.4 Å². The third-order valence-electron chi connectivity index (χ3n) is 4.08. The molecule has 0 aliphatic heterocycles. The van der Waals surface area contributed by atoms with Gasteiger partial charge in [0.25, 0.3) is 5.91 Å². The lowest BCUT2D eigenvalue weighted by Crippen LogP contribution is -2.15. The molecule has 3 rings (SSSR count). The SMILES string of the molecule is CCCCc1nnc(NC(=O)c2ccc(C(=O)C(=O)c3ccccc3)cc2)s1. The molecule has 142 valence electrons. The van der Waals surface area contributed by atoms with Crippen LogP contribution in [0.25, 0.3) is 0 Å². The molecule has 1 aromatic heterocycles. The van der Waals surface area contributed by atoms with Crippen molar-refractivity contribution in [2.24, 2.45) is 0 Å². The molecule has 0 unspecified atom stereocenters. The lowest BCUT2D eigenvalue weighted by atomic mass is 10.0. The number of carbonyl (C=O) groups excluding carboxylic acids is 3. The van der Waals surface area contributed by atoms with Crippen LogP contribution in [0, 0.1) is 0 Å². The van der Waals surface area contributed by atoms with Crippen LogP contribution in [0.5, 0.6) is 0 Å². The molecule has 0 aliphatic rings. The zero-order chi connectivity index (χ0) is 19.9. The van der Waals surface area contributed by atoms with Gasteiger partial charge in [-0.25, -0.2) is 0 Å². The first-order valence-electron chi connectivity index (χ1n) is 8.96. The second-order valence-corrected chi connectivity index (χ2v) is 7.22. The highest BCUT2D eigenvalue weighted by Crippen LogP contribution is 2.18. The lowest BCUT2D eigenvalue weighted by Gasteiger charge is -2.04. The summed E-state index contributed by atoms with van der Waals surface area (Å²) in [5, 5.41) is 12.1. The van der Waals surface area contributed by atoms with E-state index in [1.807, 2.05) is 0 Å². The number of aromatic nitrogens is 2. The molecular weight excluding hydrogens is 374 g/mol. The quantitative estimate of drug-likeness (QED) is 0.458. The number of nitrogens with one attached hydrogen (secondary N) is 1. The summed E-state index contributed by atoms with van der Waals surface area (Å²) in [4.78, 5) is 36.9. The number of benzene rings is 2. The van der Waals surface area contributed by atoms with E-state index in [9.17, 15) is 14.4 Å². The van der Waals surface area contributed by atoms with Crippen molar-refractivity contribution in [2.75, 3.05) is 5.32 Å². The molecule has 0 atom stereocenters. The van der Waals surface area contributed by atoms with E-state index in [1.165, 1.54) is 35.6 Å². The predicted octanol–water partition coefficient (Wildman–Crippen LogP) is 4.20. The predicted molar refractivity (Wildman–Crippen MR) is 108 cm³/mol. The maximum Gasteiger partial charge on any atom is 0.257 e. The lowest BCUT2D eigenvalue weighted by molar-refractivity contribution is 0.0817. The van der Waals surface area contributed by atoms with Gasteiger partial charge in [0.15, 0.2) is 0 Å². The van der Waals surface area contributed by atoms with E-state index in [4.69, 9.17) is 0 Å². The first kappa shape index (κ1) is 19.6. The Kier molecular flexibility index (Phi) is 6.39. The van der Waals surface area contributed by atoms with Gasteiger partial charge < -0.3 is 0 Å². The zero-order valence-electron chi connectivity index (χ0n) is 15.3. The van der Waals surface area contributed by atoms with E-state index in [-0.39, 0.29) is 11.5 Å². The van der Waals surface area contributed by atoms with Crippen molar-refractivity contribution in [3.05, 3.63) is 76.3 Å². The molecule has 1 N–H and O–H groups in total. The molecule has 0 radical (unpaired) electrons. The van der Waals surface area contributed by atoms with Gasteiger partial charge in [-0.15, -0.1) is 10.2 Å². The van der Waals surface area contributed by atoms with Gasteiger partial charge in [0.1, 0.15) is 5.01 Å². The van der Waals surface area contributed by atoms with Crippen LogP contribution in [0.1, 0.15) is 55.8 Å². The first-order valence-corrected chi connectivity index (χ1v) is 9.78. The molecule has 3 aromatic rings.